The van der Waals surface area contributed by atoms with Crippen LogP contribution in [-0.2, 0) is 13.0 Å². The number of piperidine rings is 1. The summed E-state index contributed by atoms with van der Waals surface area (Å²) in [6, 6.07) is 10.5. The molecule has 2 aromatic rings. The number of hydrogen-bond donors (Lipinski definition) is 0. The third-order valence-electron chi connectivity index (χ3n) is 4.62. The zero-order valence-corrected chi connectivity index (χ0v) is 12.9. The Balaban J connectivity index is 1.73. The highest BCUT2D eigenvalue weighted by atomic mass is 16.5. The molecule has 3 heterocycles. The number of ether oxygens (including phenoxy) is 1. The summed E-state index contributed by atoms with van der Waals surface area (Å²) in [6.07, 6.45) is 4.40. The molecule has 1 aromatic heterocycles. The summed E-state index contributed by atoms with van der Waals surface area (Å²) in [6.45, 7) is 2.17. The second-order valence-electron chi connectivity index (χ2n) is 6.11. The zero-order chi connectivity index (χ0) is 15.6. The molecular formula is C18H18N4O. The molecule has 0 saturated carbocycles. The van der Waals surface area contributed by atoms with Crippen molar-refractivity contribution in [2.45, 2.75) is 25.9 Å². The normalized spacial score (nSPS) is 19.8. The molecule has 5 heteroatoms. The van der Waals surface area contributed by atoms with Crippen molar-refractivity contribution in [3.8, 4) is 11.8 Å². The number of benzene rings is 1. The Bertz CT molecular complexity index is 768. The van der Waals surface area contributed by atoms with Crippen LogP contribution < -0.4 is 9.64 Å². The van der Waals surface area contributed by atoms with Crippen LogP contribution in [0.25, 0.3) is 0 Å². The van der Waals surface area contributed by atoms with Crippen LogP contribution in [0, 0.1) is 17.2 Å². The van der Waals surface area contributed by atoms with Crippen molar-refractivity contribution in [2.75, 3.05) is 18.0 Å². The summed E-state index contributed by atoms with van der Waals surface area (Å²) in [5.41, 5.74) is 3.25. The van der Waals surface area contributed by atoms with Crippen molar-refractivity contribution < 1.29 is 4.74 Å². The molecule has 4 rings (SSSR count). The first-order chi connectivity index (χ1) is 11.3. The Morgan fingerprint density at radius 2 is 2.17 bits per heavy atom. The lowest BCUT2D eigenvalue weighted by molar-refractivity contribution is 0.302. The summed E-state index contributed by atoms with van der Waals surface area (Å²) >= 11 is 0. The van der Waals surface area contributed by atoms with Crippen molar-refractivity contribution in [2.24, 2.45) is 5.92 Å². The lowest BCUT2D eigenvalue weighted by atomic mass is 9.98. The number of nitrogens with zero attached hydrogens (tertiary/aromatic N) is 4. The molecule has 1 aromatic carbocycles. The molecule has 2 aliphatic heterocycles. The summed E-state index contributed by atoms with van der Waals surface area (Å²) in [4.78, 5) is 11.2. The Morgan fingerprint density at radius 1 is 1.26 bits per heavy atom. The Morgan fingerprint density at radius 3 is 3.09 bits per heavy atom. The molecule has 116 valence electrons. The summed E-state index contributed by atoms with van der Waals surface area (Å²) in [5.74, 6) is 1.98. The van der Waals surface area contributed by atoms with E-state index in [9.17, 15) is 5.26 Å². The molecule has 0 aliphatic carbocycles. The molecule has 0 N–H and O–H groups in total. The van der Waals surface area contributed by atoms with Gasteiger partial charge in [0.05, 0.1) is 17.7 Å². The molecular weight excluding hydrogens is 288 g/mol. The van der Waals surface area contributed by atoms with Gasteiger partial charge in [-0.05, 0) is 24.5 Å². The van der Waals surface area contributed by atoms with E-state index in [0.717, 1.165) is 60.7 Å². The van der Waals surface area contributed by atoms with Crippen molar-refractivity contribution in [3.63, 3.8) is 0 Å². The second-order valence-corrected chi connectivity index (χ2v) is 6.11. The molecule has 0 bridgehead atoms. The lowest BCUT2D eigenvalue weighted by Crippen LogP contribution is -2.36. The van der Waals surface area contributed by atoms with Gasteiger partial charge in [0.15, 0.2) is 0 Å². The first kappa shape index (κ1) is 14.0. The van der Waals surface area contributed by atoms with Gasteiger partial charge in [-0.2, -0.15) is 5.26 Å². The number of fused-ring (bicyclic) bond motifs is 2. The summed E-state index contributed by atoms with van der Waals surface area (Å²) < 4.78 is 5.90. The number of para-hydroxylation sites is 1. The van der Waals surface area contributed by atoms with Gasteiger partial charge in [-0.15, -0.1) is 0 Å². The topological polar surface area (TPSA) is 62.0 Å². The SMILES string of the molecule is N#C[C@@H]1CCCN(c2ncnc3c2Cc2ccccc2OC3)C1. The molecule has 2 aliphatic rings. The Kier molecular flexibility index (Phi) is 3.58. The average molecular weight is 306 g/mol. The van der Waals surface area contributed by atoms with Crippen molar-refractivity contribution >= 4 is 5.82 Å². The fourth-order valence-electron chi connectivity index (χ4n) is 3.42. The van der Waals surface area contributed by atoms with Gasteiger partial charge in [0.2, 0.25) is 0 Å². The second kappa shape index (κ2) is 5.88. The first-order valence-corrected chi connectivity index (χ1v) is 8.03. The Labute approximate surface area is 135 Å². The molecule has 0 amide bonds. The van der Waals surface area contributed by atoms with Crippen LogP contribution in [0.1, 0.15) is 29.7 Å². The number of hydrogen-bond acceptors (Lipinski definition) is 5. The van der Waals surface area contributed by atoms with Gasteiger partial charge >= 0.3 is 0 Å². The van der Waals surface area contributed by atoms with E-state index in [1.54, 1.807) is 6.33 Å². The highest BCUT2D eigenvalue weighted by molar-refractivity contribution is 5.53. The van der Waals surface area contributed by atoms with Gasteiger partial charge in [-0.25, -0.2) is 9.97 Å². The third kappa shape index (κ3) is 2.61. The molecule has 5 nitrogen and oxygen atoms in total. The van der Waals surface area contributed by atoms with Crippen LogP contribution in [0.5, 0.6) is 5.75 Å². The van der Waals surface area contributed by atoms with Gasteiger partial charge < -0.3 is 9.64 Å². The largest absolute Gasteiger partial charge is 0.487 e. The number of rotatable bonds is 1. The maximum Gasteiger partial charge on any atom is 0.135 e. The van der Waals surface area contributed by atoms with E-state index in [2.05, 4.69) is 27.0 Å². The van der Waals surface area contributed by atoms with E-state index in [1.807, 2.05) is 18.2 Å². The first-order valence-electron chi connectivity index (χ1n) is 8.03. The molecule has 0 unspecified atom stereocenters. The minimum atomic E-state index is 0.0867. The standard InChI is InChI=1S/C18H18N4O/c19-9-13-4-3-7-22(10-13)18-15-8-14-5-1-2-6-17(14)23-11-16(15)20-12-21-18/h1-2,5-6,12-13H,3-4,7-8,10-11H2/t13-/m0/s1. The highest BCUT2D eigenvalue weighted by Gasteiger charge is 2.26. The quantitative estimate of drug-likeness (QED) is 0.810. The van der Waals surface area contributed by atoms with Crippen LogP contribution in [0.4, 0.5) is 5.82 Å². The van der Waals surface area contributed by atoms with Crippen molar-refractivity contribution in [3.05, 3.63) is 47.4 Å². The van der Waals surface area contributed by atoms with Gasteiger partial charge in [0.25, 0.3) is 0 Å². The summed E-state index contributed by atoms with van der Waals surface area (Å²) in [5, 5.41) is 9.24. The zero-order valence-electron chi connectivity index (χ0n) is 12.9. The molecule has 23 heavy (non-hydrogen) atoms. The van der Waals surface area contributed by atoms with E-state index < -0.39 is 0 Å². The number of nitriles is 1. The number of aromatic nitrogens is 2. The van der Waals surface area contributed by atoms with E-state index in [4.69, 9.17) is 4.74 Å². The Hall–Kier alpha value is -2.61. The van der Waals surface area contributed by atoms with Crippen LogP contribution in [0.3, 0.4) is 0 Å². The van der Waals surface area contributed by atoms with Crippen LogP contribution in [0.15, 0.2) is 30.6 Å². The van der Waals surface area contributed by atoms with Crippen molar-refractivity contribution in [1.82, 2.24) is 9.97 Å². The molecule has 0 radical (unpaired) electrons. The fourth-order valence-corrected chi connectivity index (χ4v) is 3.42. The predicted octanol–water partition coefficient (Wildman–Crippen LogP) is 2.70. The minimum absolute atomic E-state index is 0.0867. The van der Waals surface area contributed by atoms with Crippen LogP contribution in [-0.4, -0.2) is 23.1 Å². The maximum atomic E-state index is 9.24. The van der Waals surface area contributed by atoms with Gasteiger partial charge in [0.1, 0.15) is 24.5 Å². The smallest absolute Gasteiger partial charge is 0.135 e. The monoisotopic (exact) mass is 306 g/mol. The molecule has 1 fully saturated rings. The molecule has 1 atom stereocenters. The number of anilines is 1. The lowest BCUT2D eigenvalue weighted by Gasteiger charge is -2.32. The van der Waals surface area contributed by atoms with Gasteiger partial charge in [0, 0.05) is 25.1 Å². The van der Waals surface area contributed by atoms with Crippen LogP contribution in [0.2, 0.25) is 0 Å². The van der Waals surface area contributed by atoms with E-state index in [1.165, 1.54) is 0 Å². The summed E-state index contributed by atoms with van der Waals surface area (Å²) in [7, 11) is 0. The van der Waals surface area contributed by atoms with E-state index >= 15 is 0 Å². The third-order valence-corrected chi connectivity index (χ3v) is 4.62. The van der Waals surface area contributed by atoms with E-state index in [0.29, 0.717) is 6.61 Å². The predicted molar refractivity (Wildman–Crippen MR) is 86.2 cm³/mol. The fraction of sp³-hybridized carbons (Fsp3) is 0.389. The maximum absolute atomic E-state index is 9.24. The molecule has 1 saturated heterocycles. The van der Waals surface area contributed by atoms with Gasteiger partial charge in [-0.3, -0.25) is 0 Å². The average Bonchev–Trinajstić information content (AvgIpc) is 2.81. The highest BCUT2D eigenvalue weighted by Crippen LogP contribution is 2.32. The van der Waals surface area contributed by atoms with E-state index in [-0.39, 0.29) is 5.92 Å². The molecule has 0 spiro atoms. The van der Waals surface area contributed by atoms with Crippen LogP contribution >= 0.6 is 0 Å². The van der Waals surface area contributed by atoms with Crippen molar-refractivity contribution in [1.29, 1.82) is 5.26 Å². The minimum Gasteiger partial charge on any atom is -0.487 e. The van der Waals surface area contributed by atoms with Gasteiger partial charge in [-0.1, -0.05) is 18.2 Å².